The quantitative estimate of drug-likeness (QED) is 0.579. The molecule has 2 aliphatic rings. The van der Waals surface area contributed by atoms with E-state index < -0.39 is 0 Å². The van der Waals surface area contributed by atoms with Gasteiger partial charge in [-0.3, -0.25) is 4.90 Å². The predicted molar refractivity (Wildman–Crippen MR) is 137 cm³/mol. The fourth-order valence-corrected chi connectivity index (χ4v) is 5.25. The second-order valence-corrected chi connectivity index (χ2v) is 9.89. The van der Waals surface area contributed by atoms with Gasteiger partial charge >= 0.3 is 0 Å². The van der Waals surface area contributed by atoms with E-state index in [1.54, 1.807) is 0 Å². The van der Waals surface area contributed by atoms with Gasteiger partial charge in [0.15, 0.2) is 0 Å². The highest BCUT2D eigenvalue weighted by Gasteiger charge is 2.24. The number of fused-ring (bicyclic) bond motifs is 1. The molecule has 182 valence electrons. The third-order valence-electron chi connectivity index (χ3n) is 7.44. The Morgan fingerprint density at radius 2 is 1.79 bits per heavy atom. The van der Waals surface area contributed by atoms with Gasteiger partial charge < -0.3 is 15.1 Å². The molecule has 0 unspecified atom stereocenters. The third-order valence-corrected chi connectivity index (χ3v) is 7.44. The van der Waals surface area contributed by atoms with Crippen molar-refractivity contribution in [1.82, 2.24) is 34.9 Å². The highest BCUT2D eigenvalue weighted by atomic mass is 15.3. The summed E-state index contributed by atoms with van der Waals surface area (Å²) in [6, 6.07) is 9.28. The Hall–Kier alpha value is -2.55. The molecule has 3 aromatic heterocycles. The van der Waals surface area contributed by atoms with Crippen LogP contribution in [0.5, 0.6) is 0 Å². The van der Waals surface area contributed by atoms with Crippen molar-refractivity contribution in [2.45, 2.75) is 45.6 Å². The van der Waals surface area contributed by atoms with E-state index in [0.717, 1.165) is 87.8 Å². The van der Waals surface area contributed by atoms with Crippen LogP contribution < -0.4 is 10.2 Å². The number of hydrogen-bond acceptors (Lipinski definition) is 7. The lowest BCUT2D eigenvalue weighted by atomic mass is 9.92. The number of piperazine rings is 1. The van der Waals surface area contributed by atoms with Gasteiger partial charge in [0.25, 0.3) is 0 Å². The Kier molecular flexibility index (Phi) is 7.08. The summed E-state index contributed by atoms with van der Waals surface area (Å²) in [7, 11) is 0. The molecule has 8 nitrogen and oxygen atoms in total. The summed E-state index contributed by atoms with van der Waals surface area (Å²) in [5, 5.41) is 17.3. The van der Waals surface area contributed by atoms with E-state index in [1.165, 1.54) is 5.69 Å². The highest BCUT2D eigenvalue weighted by Crippen LogP contribution is 2.30. The van der Waals surface area contributed by atoms with Crippen LogP contribution in [0.1, 0.15) is 45.2 Å². The first-order valence-corrected chi connectivity index (χ1v) is 12.9. The van der Waals surface area contributed by atoms with Gasteiger partial charge in [0.05, 0.1) is 22.6 Å². The van der Waals surface area contributed by atoms with Crippen LogP contribution in [0.15, 0.2) is 36.7 Å². The standard InChI is InChI=1S/C26H38N8/c1-4-27-19-31-13-15-33(16-14-31)25-7-10-28-34-18-22(17-26(25)34)24-6-5-23(29-30-24)21-8-11-32(12-9-21)20(2)3/h5-7,10,17-18,20-21,27H,4,8-9,11-16,19H2,1-3H3. The molecule has 3 aromatic rings. The first kappa shape index (κ1) is 23.2. The molecule has 8 heteroatoms. The van der Waals surface area contributed by atoms with Crippen LogP contribution in [-0.4, -0.2) is 88.1 Å². The summed E-state index contributed by atoms with van der Waals surface area (Å²) < 4.78 is 1.98. The molecule has 5 rings (SSSR count). The molecule has 1 N–H and O–H groups in total. The van der Waals surface area contributed by atoms with E-state index in [4.69, 9.17) is 0 Å². The summed E-state index contributed by atoms with van der Waals surface area (Å²) in [4.78, 5) is 7.50. The summed E-state index contributed by atoms with van der Waals surface area (Å²) in [6.07, 6.45) is 6.30. The fraction of sp³-hybridized carbons (Fsp3) is 0.577. The molecule has 0 saturated carbocycles. The number of piperidine rings is 1. The number of anilines is 1. The monoisotopic (exact) mass is 462 g/mol. The Morgan fingerprint density at radius 3 is 2.47 bits per heavy atom. The van der Waals surface area contributed by atoms with Crippen molar-refractivity contribution in [3.8, 4) is 11.3 Å². The van der Waals surface area contributed by atoms with Crippen LogP contribution in [0.4, 0.5) is 5.69 Å². The third kappa shape index (κ3) is 4.94. The molecule has 2 fully saturated rings. The number of rotatable bonds is 7. The van der Waals surface area contributed by atoms with Gasteiger partial charge in [0.2, 0.25) is 0 Å². The zero-order chi connectivity index (χ0) is 23.5. The maximum absolute atomic E-state index is 4.64. The molecule has 0 aliphatic carbocycles. The van der Waals surface area contributed by atoms with E-state index in [0.29, 0.717) is 12.0 Å². The first-order chi connectivity index (χ1) is 16.6. The van der Waals surface area contributed by atoms with Gasteiger partial charge in [-0.15, -0.1) is 0 Å². The molecule has 0 radical (unpaired) electrons. The van der Waals surface area contributed by atoms with Crippen LogP contribution in [-0.2, 0) is 0 Å². The summed E-state index contributed by atoms with van der Waals surface area (Å²) in [6.45, 7) is 15.2. The Labute approximate surface area is 202 Å². The molecular formula is C26H38N8. The van der Waals surface area contributed by atoms with Crippen molar-refractivity contribution in [2.24, 2.45) is 0 Å². The summed E-state index contributed by atoms with van der Waals surface area (Å²) in [5.74, 6) is 0.518. The SMILES string of the molecule is CCNCN1CCN(c2ccnn3cc(-c4ccc(C5CCN(C(C)C)CC5)nn4)cc23)CC1. The van der Waals surface area contributed by atoms with Crippen molar-refractivity contribution >= 4 is 11.2 Å². The Morgan fingerprint density at radius 1 is 1.00 bits per heavy atom. The molecular weight excluding hydrogens is 424 g/mol. The van der Waals surface area contributed by atoms with Gasteiger partial charge in [-0.1, -0.05) is 6.92 Å². The minimum absolute atomic E-state index is 0.518. The minimum Gasteiger partial charge on any atom is -0.367 e. The molecule has 0 bridgehead atoms. The molecule has 0 amide bonds. The maximum atomic E-state index is 4.64. The van der Waals surface area contributed by atoms with E-state index in [9.17, 15) is 0 Å². The average Bonchev–Trinajstić information content (AvgIpc) is 3.33. The van der Waals surface area contributed by atoms with Gasteiger partial charge in [-0.25, -0.2) is 4.52 Å². The van der Waals surface area contributed by atoms with Crippen molar-refractivity contribution in [2.75, 3.05) is 57.4 Å². The van der Waals surface area contributed by atoms with E-state index >= 15 is 0 Å². The number of nitrogens with one attached hydrogen (secondary N) is 1. The Bertz CT molecular complexity index is 1060. The number of aromatic nitrogens is 4. The molecule has 5 heterocycles. The van der Waals surface area contributed by atoms with Crippen molar-refractivity contribution < 1.29 is 0 Å². The van der Waals surface area contributed by atoms with Gasteiger partial charge in [-0.05, 0) is 70.6 Å². The second kappa shape index (κ2) is 10.4. The summed E-state index contributed by atoms with van der Waals surface area (Å²) in [5.41, 5.74) is 5.48. The molecule has 0 atom stereocenters. The molecule has 2 aliphatic heterocycles. The largest absolute Gasteiger partial charge is 0.367 e. The van der Waals surface area contributed by atoms with Crippen molar-refractivity contribution in [3.63, 3.8) is 0 Å². The number of nitrogens with zero attached hydrogens (tertiary/aromatic N) is 7. The number of hydrogen-bond donors (Lipinski definition) is 1. The van der Waals surface area contributed by atoms with Crippen LogP contribution in [0.25, 0.3) is 16.8 Å². The lowest BCUT2D eigenvalue weighted by Gasteiger charge is -2.36. The molecule has 34 heavy (non-hydrogen) atoms. The smallest absolute Gasteiger partial charge is 0.0946 e. The minimum atomic E-state index is 0.518. The van der Waals surface area contributed by atoms with Gasteiger partial charge in [-0.2, -0.15) is 15.3 Å². The number of likely N-dealkylation sites (tertiary alicyclic amines) is 1. The fourth-order valence-electron chi connectivity index (χ4n) is 5.25. The van der Waals surface area contributed by atoms with E-state index in [1.807, 2.05) is 10.7 Å². The van der Waals surface area contributed by atoms with Crippen LogP contribution in [0, 0.1) is 0 Å². The zero-order valence-corrected chi connectivity index (χ0v) is 20.8. The molecule has 0 spiro atoms. The van der Waals surface area contributed by atoms with Crippen LogP contribution in [0.3, 0.4) is 0 Å². The normalized spacial score (nSPS) is 18.9. The van der Waals surface area contributed by atoms with Gasteiger partial charge in [0, 0.05) is 62.8 Å². The zero-order valence-electron chi connectivity index (χ0n) is 20.8. The lowest BCUT2D eigenvalue weighted by Crippen LogP contribution is -2.49. The topological polar surface area (TPSA) is 64.8 Å². The van der Waals surface area contributed by atoms with Gasteiger partial charge in [0.1, 0.15) is 0 Å². The second-order valence-electron chi connectivity index (χ2n) is 9.89. The lowest BCUT2D eigenvalue weighted by molar-refractivity contribution is 0.170. The first-order valence-electron chi connectivity index (χ1n) is 12.9. The van der Waals surface area contributed by atoms with Crippen LogP contribution >= 0.6 is 0 Å². The van der Waals surface area contributed by atoms with Crippen LogP contribution in [0.2, 0.25) is 0 Å². The summed E-state index contributed by atoms with van der Waals surface area (Å²) >= 11 is 0. The average molecular weight is 463 g/mol. The van der Waals surface area contributed by atoms with E-state index in [2.05, 4.69) is 86.5 Å². The maximum Gasteiger partial charge on any atom is 0.0946 e. The molecule has 2 saturated heterocycles. The Balaban J connectivity index is 1.29. The van der Waals surface area contributed by atoms with E-state index in [-0.39, 0.29) is 0 Å². The highest BCUT2D eigenvalue weighted by molar-refractivity contribution is 5.78. The van der Waals surface area contributed by atoms with Crippen molar-refractivity contribution in [1.29, 1.82) is 0 Å². The van der Waals surface area contributed by atoms with Crippen molar-refractivity contribution in [3.05, 3.63) is 42.4 Å². The molecule has 0 aromatic carbocycles. The predicted octanol–water partition coefficient (Wildman–Crippen LogP) is 3.07.